The van der Waals surface area contributed by atoms with Crippen LogP contribution >= 0.6 is 0 Å². The zero-order chi connectivity index (χ0) is 15.0. The number of aryl methyl sites for hydroxylation is 2. The van der Waals surface area contributed by atoms with Gasteiger partial charge in [0.1, 0.15) is 6.54 Å². The molecule has 1 aliphatic rings. The van der Waals surface area contributed by atoms with E-state index >= 15 is 0 Å². The van der Waals surface area contributed by atoms with Crippen molar-refractivity contribution < 1.29 is 4.79 Å². The van der Waals surface area contributed by atoms with E-state index in [1.807, 2.05) is 36.9 Å². The van der Waals surface area contributed by atoms with Gasteiger partial charge in [-0.25, -0.2) is 0 Å². The van der Waals surface area contributed by atoms with Gasteiger partial charge >= 0.3 is 0 Å². The van der Waals surface area contributed by atoms with Gasteiger partial charge in [-0.3, -0.25) is 9.48 Å². The average molecular weight is 284 g/mol. The summed E-state index contributed by atoms with van der Waals surface area (Å²) in [5.41, 5.74) is 11.1. The first-order chi connectivity index (χ1) is 10.0. The second-order valence-electron chi connectivity index (χ2n) is 5.63. The van der Waals surface area contributed by atoms with Gasteiger partial charge in [0.2, 0.25) is 5.91 Å². The van der Waals surface area contributed by atoms with E-state index in [1.54, 1.807) is 4.68 Å². The van der Waals surface area contributed by atoms with Crippen LogP contribution in [0, 0.1) is 13.8 Å². The topological polar surface area (TPSA) is 64.2 Å². The van der Waals surface area contributed by atoms with Gasteiger partial charge in [0, 0.05) is 24.5 Å². The molecule has 3 rings (SSSR count). The van der Waals surface area contributed by atoms with Crippen LogP contribution < -0.4 is 5.73 Å². The van der Waals surface area contributed by atoms with Gasteiger partial charge in [-0.05, 0) is 43.5 Å². The molecule has 0 bridgehead atoms. The molecule has 5 heteroatoms. The van der Waals surface area contributed by atoms with Crippen LogP contribution in [0.5, 0.6) is 0 Å². The molecule has 0 spiro atoms. The van der Waals surface area contributed by atoms with E-state index in [1.165, 1.54) is 5.56 Å². The summed E-state index contributed by atoms with van der Waals surface area (Å²) in [6.07, 6.45) is 0.824. The Balaban J connectivity index is 1.74. The smallest absolute Gasteiger partial charge is 0.244 e. The molecule has 0 fully saturated rings. The highest BCUT2D eigenvalue weighted by Crippen LogP contribution is 2.24. The number of carbonyl (C=O) groups excluding carboxylic acids is 1. The highest BCUT2D eigenvalue weighted by molar-refractivity contribution is 5.76. The van der Waals surface area contributed by atoms with E-state index < -0.39 is 0 Å². The number of hydrogen-bond acceptors (Lipinski definition) is 3. The third-order valence-electron chi connectivity index (χ3n) is 4.04. The molecule has 2 heterocycles. The first-order valence-corrected chi connectivity index (χ1v) is 7.19. The summed E-state index contributed by atoms with van der Waals surface area (Å²) in [4.78, 5) is 14.3. The summed E-state index contributed by atoms with van der Waals surface area (Å²) < 4.78 is 1.77. The molecule has 0 aliphatic carbocycles. The number of aromatic nitrogens is 2. The SMILES string of the molecule is Cc1cc(C)n(CC(=O)N2CCc3c(N)cccc3C2)n1. The van der Waals surface area contributed by atoms with Crippen molar-refractivity contribution in [3.63, 3.8) is 0 Å². The van der Waals surface area contributed by atoms with Crippen molar-refractivity contribution in [3.8, 4) is 0 Å². The molecule has 110 valence electrons. The summed E-state index contributed by atoms with van der Waals surface area (Å²) in [7, 11) is 0. The number of amides is 1. The molecule has 0 radical (unpaired) electrons. The van der Waals surface area contributed by atoms with Crippen LogP contribution in [0.4, 0.5) is 5.69 Å². The van der Waals surface area contributed by atoms with Crippen molar-refractivity contribution in [1.29, 1.82) is 0 Å². The quantitative estimate of drug-likeness (QED) is 0.853. The van der Waals surface area contributed by atoms with Crippen molar-refractivity contribution in [2.75, 3.05) is 12.3 Å². The van der Waals surface area contributed by atoms with Crippen molar-refractivity contribution in [3.05, 3.63) is 46.8 Å². The van der Waals surface area contributed by atoms with Gasteiger partial charge in [-0.15, -0.1) is 0 Å². The lowest BCUT2D eigenvalue weighted by atomic mass is 9.98. The summed E-state index contributed by atoms with van der Waals surface area (Å²) >= 11 is 0. The standard InChI is InChI=1S/C16H20N4O/c1-11-8-12(2)20(18-11)10-16(21)19-7-6-14-13(9-19)4-3-5-15(14)17/h3-5,8H,6-7,9-10,17H2,1-2H3. The Morgan fingerprint density at radius 3 is 2.90 bits per heavy atom. The largest absolute Gasteiger partial charge is 0.398 e. The zero-order valence-corrected chi connectivity index (χ0v) is 12.5. The number of fused-ring (bicyclic) bond motifs is 1. The molecular formula is C16H20N4O. The summed E-state index contributed by atoms with van der Waals surface area (Å²) in [5, 5.41) is 4.35. The highest BCUT2D eigenvalue weighted by Gasteiger charge is 2.22. The first-order valence-electron chi connectivity index (χ1n) is 7.19. The lowest BCUT2D eigenvalue weighted by Gasteiger charge is -2.29. The number of hydrogen-bond donors (Lipinski definition) is 1. The number of anilines is 1. The second-order valence-corrected chi connectivity index (χ2v) is 5.63. The first kappa shape index (κ1) is 13.7. The van der Waals surface area contributed by atoms with Gasteiger partial charge in [-0.1, -0.05) is 12.1 Å². The molecule has 2 N–H and O–H groups in total. The molecular weight excluding hydrogens is 264 g/mol. The molecule has 21 heavy (non-hydrogen) atoms. The number of benzene rings is 1. The van der Waals surface area contributed by atoms with Crippen LogP contribution in [-0.2, 0) is 24.3 Å². The van der Waals surface area contributed by atoms with Crippen molar-refractivity contribution in [2.45, 2.75) is 33.4 Å². The molecule has 2 aromatic rings. The van der Waals surface area contributed by atoms with Gasteiger partial charge in [-0.2, -0.15) is 5.10 Å². The van der Waals surface area contributed by atoms with E-state index in [0.29, 0.717) is 13.1 Å². The third-order valence-corrected chi connectivity index (χ3v) is 4.04. The van der Waals surface area contributed by atoms with Crippen LogP contribution in [0.3, 0.4) is 0 Å². The highest BCUT2D eigenvalue weighted by atomic mass is 16.2. The maximum atomic E-state index is 12.5. The molecule has 1 aromatic heterocycles. The van der Waals surface area contributed by atoms with E-state index in [0.717, 1.165) is 35.6 Å². The van der Waals surface area contributed by atoms with E-state index in [2.05, 4.69) is 11.2 Å². The van der Waals surface area contributed by atoms with Gasteiger partial charge in [0.15, 0.2) is 0 Å². The molecule has 0 saturated heterocycles. The van der Waals surface area contributed by atoms with Gasteiger partial charge in [0.25, 0.3) is 0 Å². The average Bonchev–Trinajstić information content (AvgIpc) is 2.76. The Bertz CT molecular complexity index is 690. The Hall–Kier alpha value is -2.30. The van der Waals surface area contributed by atoms with E-state index in [9.17, 15) is 4.79 Å². The van der Waals surface area contributed by atoms with Crippen LogP contribution in [0.15, 0.2) is 24.3 Å². The summed E-state index contributed by atoms with van der Waals surface area (Å²) in [5.74, 6) is 0.106. The van der Waals surface area contributed by atoms with Crippen LogP contribution in [0.25, 0.3) is 0 Å². The molecule has 5 nitrogen and oxygen atoms in total. The molecule has 0 saturated carbocycles. The van der Waals surface area contributed by atoms with E-state index in [-0.39, 0.29) is 5.91 Å². The number of nitrogens with zero attached hydrogens (tertiary/aromatic N) is 3. The van der Waals surface area contributed by atoms with Crippen molar-refractivity contribution in [2.24, 2.45) is 0 Å². The Morgan fingerprint density at radius 2 is 2.19 bits per heavy atom. The van der Waals surface area contributed by atoms with E-state index in [4.69, 9.17) is 5.73 Å². The number of carbonyl (C=O) groups is 1. The monoisotopic (exact) mass is 284 g/mol. The number of nitrogen functional groups attached to an aromatic ring is 1. The van der Waals surface area contributed by atoms with Crippen molar-refractivity contribution in [1.82, 2.24) is 14.7 Å². The second kappa shape index (κ2) is 5.24. The lowest BCUT2D eigenvalue weighted by molar-refractivity contribution is -0.133. The number of nitrogens with two attached hydrogens (primary N) is 1. The van der Waals surface area contributed by atoms with Crippen LogP contribution in [-0.4, -0.2) is 27.1 Å². The summed E-state index contributed by atoms with van der Waals surface area (Å²) in [6, 6.07) is 7.91. The minimum atomic E-state index is 0.106. The Morgan fingerprint density at radius 1 is 1.38 bits per heavy atom. The molecule has 1 amide bonds. The van der Waals surface area contributed by atoms with Crippen molar-refractivity contribution >= 4 is 11.6 Å². The fraction of sp³-hybridized carbons (Fsp3) is 0.375. The summed E-state index contributed by atoms with van der Waals surface area (Å²) in [6.45, 7) is 5.57. The maximum absolute atomic E-state index is 12.5. The van der Waals surface area contributed by atoms with Gasteiger partial charge < -0.3 is 10.6 Å². The van der Waals surface area contributed by atoms with Crippen LogP contribution in [0.2, 0.25) is 0 Å². The maximum Gasteiger partial charge on any atom is 0.244 e. The normalized spacial score (nSPS) is 14.1. The third kappa shape index (κ3) is 2.63. The molecule has 1 aromatic carbocycles. The molecule has 0 unspecified atom stereocenters. The minimum Gasteiger partial charge on any atom is -0.398 e. The predicted octanol–water partition coefficient (Wildman–Crippen LogP) is 1.67. The number of rotatable bonds is 2. The molecule has 0 atom stereocenters. The Kier molecular flexibility index (Phi) is 3.41. The lowest BCUT2D eigenvalue weighted by Crippen LogP contribution is -2.38. The Labute approximate surface area is 124 Å². The predicted molar refractivity (Wildman–Crippen MR) is 81.7 cm³/mol. The molecule has 1 aliphatic heterocycles. The van der Waals surface area contributed by atoms with Gasteiger partial charge in [0.05, 0.1) is 5.69 Å². The minimum absolute atomic E-state index is 0.106. The fourth-order valence-corrected chi connectivity index (χ4v) is 2.91. The zero-order valence-electron chi connectivity index (χ0n) is 12.5. The fourth-order valence-electron chi connectivity index (χ4n) is 2.91. The van der Waals surface area contributed by atoms with Crippen LogP contribution in [0.1, 0.15) is 22.5 Å².